The predicted octanol–water partition coefficient (Wildman–Crippen LogP) is 9.48. The number of likely N-dealkylation sites (N-methyl/N-ethyl adjacent to an activating group) is 2. The number of imidazole rings is 2. The molecule has 2 saturated heterocycles. The molecule has 0 spiro atoms. The van der Waals surface area contributed by atoms with Gasteiger partial charge in [0.05, 0.1) is 29.8 Å². The van der Waals surface area contributed by atoms with E-state index in [1.54, 1.807) is 12.1 Å². The van der Waals surface area contributed by atoms with Crippen molar-refractivity contribution in [3.05, 3.63) is 136 Å². The van der Waals surface area contributed by atoms with Crippen LogP contribution in [0.15, 0.2) is 73.3 Å². The first-order valence-electron chi connectivity index (χ1n) is 26.6. The monoisotopic (exact) mass is 1070 g/mol. The van der Waals surface area contributed by atoms with Crippen LogP contribution in [0.3, 0.4) is 0 Å². The Morgan fingerprint density at radius 1 is 0.532 bits per heavy atom. The number of fused-ring (bicyclic) bond motifs is 6. The Kier molecular flexibility index (Phi) is 15.7. The summed E-state index contributed by atoms with van der Waals surface area (Å²) in [6.45, 7) is 25.9. The highest BCUT2D eigenvalue weighted by Crippen LogP contribution is 2.39. The fourth-order valence-electron chi connectivity index (χ4n) is 11.0. The summed E-state index contributed by atoms with van der Waals surface area (Å²) in [6.07, 6.45) is 9.75. The number of anilines is 1. The van der Waals surface area contributed by atoms with Gasteiger partial charge in [-0.05, 0) is 113 Å². The largest absolute Gasteiger partial charge is 0.384 e. The molecule has 15 nitrogen and oxygen atoms in total. The van der Waals surface area contributed by atoms with Crippen LogP contribution in [0.4, 0.5) is 23.4 Å². The first-order valence-corrected chi connectivity index (χ1v) is 27.0. The molecule has 2 aromatic carbocycles. The molecule has 20 heteroatoms. The van der Waals surface area contributed by atoms with Crippen molar-refractivity contribution in [3.8, 4) is 22.5 Å². The summed E-state index contributed by atoms with van der Waals surface area (Å²) in [6, 6.07) is 14.1. The van der Waals surface area contributed by atoms with Crippen molar-refractivity contribution in [1.82, 2.24) is 68.6 Å². The van der Waals surface area contributed by atoms with Crippen molar-refractivity contribution in [3.63, 3.8) is 0 Å². The first kappa shape index (κ1) is 53.9. The number of piperazine rings is 2. The zero-order valence-corrected chi connectivity index (χ0v) is 45.4. The third-order valence-electron chi connectivity index (χ3n) is 15.5. The van der Waals surface area contributed by atoms with E-state index in [1.165, 1.54) is 36.3 Å². The second-order valence-electron chi connectivity index (χ2n) is 21.7. The maximum Gasteiger partial charge on any atom is 0.223 e. The summed E-state index contributed by atoms with van der Waals surface area (Å²) in [5.74, 6) is 0.557. The molecule has 77 heavy (non-hydrogen) atoms. The number of nitrogens with zero attached hydrogens (tertiary/aromatic N) is 14. The number of hydrogen-bond donors (Lipinski definition) is 1. The number of aryl methyl sites for hydroxylation is 2. The lowest BCUT2D eigenvalue weighted by molar-refractivity contribution is 0.132. The van der Waals surface area contributed by atoms with Gasteiger partial charge in [0.2, 0.25) is 5.28 Å². The minimum absolute atomic E-state index is 0.0165. The fraction of sp³-hybridized carbons (Fsp3) is 0.439. The molecule has 2 N–H and O–H groups in total. The molecule has 6 aromatic heterocycles. The van der Waals surface area contributed by atoms with Gasteiger partial charge in [-0.2, -0.15) is 0 Å². The van der Waals surface area contributed by atoms with E-state index in [0.29, 0.717) is 51.3 Å². The number of nitrogen functional groups attached to an aromatic ring is 1. The number of hydrogen-bond acceptors (Lipinski definition) is 13. The van der Waals surface area contributed by atoms with E-state index in [4.69, 9.17) is 17.3 Å². The molecule has 4 aliphatic rings. The van der Waals surface area contributed by atoms with Crippen LogP contribution < -0.4 is 5.73 Å². The molecule has 10 heterocycles. The summed E-state index contributed by atoms with van der Waals surface area (Å²) in [4.78, 5) is 43.7. The zero-order valence-electron chi connectivity index (χ0n) is 44.7. The predicted molar refractivity (Wildman–Crippen MR) is 292 cm³/mol. The maximum absolute atomic E-state index is 15.1. The molecule has 404 valence electrons. The molecule has 0 saturated carbocycles. The van der Waals surface area contributed by atoms with Crippen molar-refractivity contribution in [2.24, 2.45) is 0 Å². The van der Waals surface area contributed by atoms with E-state index in [9.17, 15) is 13.2 Å². The Balaban J connectivity index is 0.000000146. The maximum atomic E-state index is 15.1. The van der Waals surface area contributed by atoms with Crippen molar-refractivity contribution >= 4 is 39.5 Å². The van der Waals surface area contributed by atoms with Crippen LogP contribution >= 0.6 is 11.6 Å². The van der Waals surface area contributed by atoms with Gasteiger partial charge in [0.25, 0.3) is 0 Å². The zero-order chi connectivity index (χ0) is 54.2. The third kappa shape index (κ3) is 11.8. The summed E-state index contributed by atoms with van der Waals surface area (Å²) in [5, 5.41) is -0.0826. The summed E-state index contributed by atoms with van der Waals surface area (Å²) in [7, 11) is 0. The molecule has 0 aliphatic carbocycles. The van der Waals surface area contributed by atoms with E-state index in [2.05, 4.69) is 118 Å². The van der Waals surface area contributed by atoms with Gasteiger partial charge < -0.3 is 24.7 Å². The molecule has 8 aromatic rings. The van der Waals surface area contributed by atoms with Gasteiger partial charge in [0.15, 0.2) is 23.3 Å². The molecule has 4 aliphatic heterocycles. The van der Waals surface area contributed by atoms with Crippen LogP contribution in [0.5, 0.6) is 0 Å². The minimum Gasteiger partial charge on any atom is -0.384 e. The van der Waals surface area contributed by atoms with Crippen LogP contribution in [0.1, 0.15) is 88.7 Å². The lowest BCUT2D eigenvalue weighted by atomic mass is 10.0. The van der Waals surface area contributed by atoms with E-state index in [0.717, 1.165) is 121 Å². The van der Waals surface area contributed by atoms with E-state index < -0.39 is 23.3 Å². The van der Waals surface area contributed by atoms with E-state index >= 15 is 4.39 Å². The van der Waals surface area contributed by atoms with Crippen molar-refractivity contribution in [2.45, 2.75) is 97.8 Å². The van der Waals surface area contributed by atoms with Crippen LogP contribution in [-0.4, -0.2) is 134 Å². The Bertz CT molecular complexity index is 3380. The number of aromatic nitrogens is 10. The minimum atomic E-state index is -0.645. The summed E-state index contributed by atoms with van der Waals surface area (Å²) >= 11 is 5.74. The molecule has 0 atom stereocenters. The highest BCUT2D eigenvalue weighted by atomic mass is 35.5. The first-order chi connectivity index (χ1) is 36.9. The third-order valence-corrected chi connectivity index (χ3v) is 15.6. The molecule has 12 rings (SSSR count). The van der Waals surface area contributed by atoms with Crippen LogP contribution in [-0.2, 0) is 43.4 Å². The van der Waals surface area contributed by atoms with Gasteiger partial charge >= 0.3 is 0 Å². The molecular weight excluding hydrogens is 1010 g/mol. The Labute approximate surface area is 451 Å². The van der Waals surface area contributed by atoms with E-state index in [1.807, 2.05) is 29.1 Å². The van der Waals surface area contributed by atoms with Gasteiger partial charge in [0, 0.05) is 119 Å². The Hall–Kier alpha value is -6.51. The number of benzene rings is 2. The molecule has 0 unspecified atom stereocenters. The topological polar surface area (TPSA) is 152 Å². The highest BCUT2D eigenvalue weighted by Gasteiger charge is 2.35. The van der Waals surface area contributed by atoms with Crippen molar-refractivity contribution < 1.29 is 17.6 Å². The number of pyridine rings is 2. The van der Waals surface area contributed by atoms with Gasteiger partial charge in [-0.25, -0.2) is 52.4 Å². The molecule has 0 amide bonds. The molecule has 0 radical (unpaired) electrons. The lowest BCUT2D eigenvalue weighted by Gasteiger charge is -2.33. The van der Waals surface area contributed by atoms with Gasteiger partial charge in [-0.1, -0.05) is 26.0 Å². The molecular formula is C57H66ClF4N15. The number of nitrogens with two attached hydrogens (primary N) is 1. The quantitative estimate of drug-likeness (QED) is 0.102. The second kappa shape index (κ2) is 22.5. The van der Waals surface area contributed by atoms with Gasteiger partial charge in [-0.15, -0.1) is 0 Å². The number of halogens is 5. The van der Waals surface area contributed by atoms with Gasteiger partial charge in [0.1, 0.15) is 45.7 Å². The number of rotatable bonds is 10. The SMILES string of the molecule is CC1(C)CCc2nc3c(F)cc(-c4nc(Cl)ncc4F)cc3n21.CCN1CCN(Cc2ccc(Cc3ncc(F)c(-c4cc(F)c5nc6n(c5c4)C(C)(C)CC6)n3)nc2)CC1.CCN1CCN(Cc2ccc(N)nc2)CC1. The normalized spacial score (nSPS) is 17.5. The van der Waals surface area contributed by atoms with Gasteiger partial charge in [-0.3, -0.25) is 14.8 Å². The molecule has 2 fully saturated rings. The lowest BCUT2D eigenvalue weighted by Crippen LogP contribution is -2.45. The summed E-state index contributed by atoms with van der Waals surface area (Å²) < 4.78 is 62.6. The smallest absolute Gasteiger partial charge is 0.223 e. The van der Waals surface area contributed by atoms with Crippen LogP contribution in [0, 0.1) is 23.3 Å². The Morgan fingerprint density at radius 3 is 1.47 bits per heavy atom. The summed E-state index contributed by atoms with van der Waals surface area (Å²) in [5.41, 5.74) is 11.2. The fourth-order valence-corrected chi connectivity index (χ4v) is 11.1. The van der Waals surface area contributed by atoms with E-state index in [-0.39, 0.29) is 27.7 Å². The molecule has 0 bridgehead atoms. The van der Waals surface area contributed by atoms with Crippen LogP contribution in [0.2, 0.25) is 5.28 Å². The Morgan fingerprint density at radius 2 is 1.00 bits per heavy atom. The van der Waals surface area contributed by atoms with Crippen LogP contribution in [0.25, 0.3) is 44.6 Å². The van der Waals surface area contributed by atoms with Crippen molar-refractivity contribution in [2.75, 3.05) is 71.2 Å². The standard InChI is InChI=1S/C29H33F2N7.C16H13ClF2N4.C12H20N4/c1-4-36-9-11-37(12-10-36)18-19-5-6-21(32-16-19)15-25-33-17-23(31)27(34-25)20-13-22(30)28-24(14-20)38-26(35-28)7-8-29(38,2)3;1-16(2)4-3-12-21-14-9(18)5-8(6-11(14)23(12)16)13-10(19)7-20-15(17)22-13;1-2-15-5-7-16(8-6-15)10-11-3-4-12(13)14-9-11/h5-6,13-14,16-17H,4,7-12,15,18H2,1-3H3;5-7H,3-4H2,1-2H3;3-4,9H,2,5-8,10H2,1H3,(H2,13,14). The average Bonchev–Trinajstić information content (AvgIpc) is 4.25. The average molecular weight is 1070 g/mol. The highest BCUT2D eigenvalue weighted by molar-refractivity contribution is 6.28. The second-order valence-corrected chi connectivity index (χ2v) is 22.0. The van der Waals surface area contributed by atoms with Crippen molar-refractivity contribution in [1.29, 1.82) is 0 Å².